The van der Waals surface area contributed by atoms with Crippen molar-refractivity contribution in [2.45, 2.75) is 17.2 Å². The maximum Gasteiger partial charge on any atom is 0.308 e. The van der Waals surface area contributed by atoms with Crippen LogP contribution in [-0.4, -0.2) is 40.1 Å². The summed E-state index contributed by atoms with van der Waals surface area (Å²) in [4.78, 5) is 11.0. The first-order valence-electron chi connectivity index (χ1n) is 5.00. The van der Waals surface area contributed by atoms with Crippen LogP contribution in [0.5, 0.6) is 0 Å². The summed E-state index contributed by atoms with van der Waals surface area (Å²) in [6.45, 7) is -0.0923. The summed E-state index contributed by atoms with van der Waals surface area (Å²) in [5.41, 5.74) is 0. The van der Waals surface area contributed by atoms with Gasteiger partial charge in [0.2, 0.25) is 10.0 Å². The van der Waals surface area contributed by atoms with E-state index in [4.69, 9.17) is 5.11 Å². The van der Waals surface area contributed by atoms with Gasteiger partial charge >= 0.3 is 5.97 Å². The van der Waals surface area contributed by atoms with Crippen molar-refractivity contribution in [1.29, 1.82) is 0 Å². The monoisotopic (exact) mass is 303 g/mol. The average molecular weight is 303 g/mol. The molecule has 0 atom stereocenters. The van der Waals surface area contributed by atoms with Crippen molar-refractivity contribution in [1.82, 2.24) is 25.3 Å². The van der Waals surface area contributed by atoms with Crippen LogP contribution in [0.3, 0.4) is 0 Å². The molecule has 2 aromatic rings. The molecule has 3 N–H and O–H groups in total. The van der Waals surface area contributed by atoms with Gasteiger partial charge in [0.15, 0.2) is 5.82 Å². The molecule has 0 aliphatic heterocycles. The number of tetrazole rings is 1. The number of rotatable bonds is 6. The van der Waals surface area contributed by atoms with Gasteiger partial charge in [-0.25, -0.2) is 13.1 Å². The molecule has 19 heavy (non-hydrogen) atoms. The van der Waals surface area contributed by atoms with Crippen molar-refractivity contribution in [3.63, 3.8) is 0 Å². The van der Waals surface area contributed by atoms with E-state index in [1.165, 1.54) is 12.1 Å². The minimum absolute atomic E-state index is 0.0484. The van der Waals surface area contributed by atoms with Gasteiger partial charge in [-0.3, -0.25) is 4.79 Å². The van der Waals surface area contributed by atoms with Crippen molar-refractivity contribution in [3.05, 3.63) is 22.8 Å². The summed E-state index contributed by atoms with van der Waals surface area (Å²) in [6.07, 6.45) is -0.203. The number of carboxylic acids is 1. The predicted molar refractivity (Wildman–Crippen MR) is 63.9 cm³/mol. The summed E-state index contributed by atoms with van der Waals surface area (Å²) < 4.78 is 26.1. The second kappa shape index (κ2) is 5.42. The highest BCUT2D eigenvalue weighted by atomic mass is 32.2. The molecule has 0 saturated carbocycles. The van der Waals surface area contributed by atoms with Gasteiger partial charge in [0.05, 0.1) is 13.0 Å². The van der Waals surface area contributed by atoms with E-state index in [0.717, 1.165) is 11.3 Å². The Balaban J connectivity index is 2.06. The lowest BCUT2D eigenvalue weighted by atomic mass is 10.3. The Bertz CT molecular complexity index is 663. The smallest absolute Gasteiger partial charge is 0.308 e. The minimum Gasteiger partial charge on any atom is -0.481 e. The Morgan fingerprint density at radius 1 is 1.47 bits per heavy atom. The van der Waals surface area contributed by atoms with Gasteiger partial charge in [0.25, 0.3) is 0 Å². The van der Waals surface area contributed by atoms with Gasteiger partial charge in [-0.15, -0.1) is 21.5 Å². The van der Waals surface area contributed by atoms with Crippen LogP contribution in [0.25, 0.3) is 0 Å². The Labute approximate surface area is 111 Å². The van der Waals surface area contributed by atoms with Crippen LogP contribution in [0.2, 0.25) is 0 Å². The predicted octanol–water partition coefficient (Wildman–Crippen LogP) is -0.633. The molecule has 2 aromatic heterocycles. The Hall–Kier alpha value is -1.85. The molecular formula is C8H9N5O4S2. The van der Waals surface area contributed by atoms with Crippen LogP contribution in [-0.2, 0) is 27.8 Å². The summed E-state index contributed by atoms with van der Waals surface area (Å²) >= 11 is 0.910. The maximum absolute atomic E-state index is 11.9. The topological polar surface area (TPSA) is 138 Å². The minimum atomic E-state index is -3.70. The van der Waals surface area contributed by atoms with E-state index in [-0.39, 0.29) is 23.0 Å². The molecule has 0 unspecified atom stereocenters. The van der Waals surface area contributed by atoms with Gasteiger partial charge in [-0.2, -0.15) is 5.21 Å². The lowest BCUT2D eigenvalue weighted by molar-refractivity contribution is -0.136. The molecule has 2 heterocycles. The summed E-state index contributed by atoms with van der Waals surface area (Å²) in [5, 5.41) is 21.3. The number of thiophene rings is 1. The molecule has 0 bridgehead atoms. The highest BCUT2D eigenvalue weighted by Gasteiger charge is 2.18. The standard InChI is InChI=1S/C8H9N5O4S2/c14-7(15)3-5-1-2-8(18-5)19(16,17)9-4-6-10-12-13-11-6/h1-2,9H,3-4H2,(H,14,15)(H,10,11,12,13). The lowest BCUT2D eigenvalue weighted by Crippen LogP contribution is -2.23. The van der Waals surface area contributed by atoms with E-state index in [2.05, 4.69) is 25.3 Å². The van der Waals surface area contributed by atoms with Crippen molar-refractivity contribution in [2.75, 3.05) is 0 Å². The fourth-order valence-electron chi connectivity index (χ4n) is 1.23. The molecule has 0 aliphatic carbocycles. The van der Waals surface area contributed by atoms with E-state index in [0.29, 0.717) is 4.88 Å². The first-order valence-corrected chi connectivity index (χ1v) is 7.30. The number of nitrogens with one attached hydrogen (secondary N) is 2. The number of aromatic nitrogens is 4. The number of carbonyl (C=O) groups is 1. The molecule has 0 saturated heterocycles. The highest BCUT2D eigenvalue weighted by molar-refractivity contribution is 7.91. The van der Waals surface area contributed by atoms with Gasteiger partial charge in [0, 0.05) is 4.88 Å². The zero-order chi connectivity index (χ0) is 13.9. The third-order valence-electron chi connectivity index (χ3n) is 2.04. The quantitative estimate of drug-likeness (QED) is 0.645. The maximum atomic E-state index is 11.9. The third-order valence-corrected chi connectivity index (χ3v) is 5.02. The largest absolute Gasteiger partial charge is 0.481 e. The average Bonchev–Trinajstić information content (AvgIpc) is 2.96. The van der Waals surface area contributed by atoms with E-state index in [1.807, 2.05) is 0 Å². The van der Waals surface area contributed by atoms with Crippen LogP contribution in [0, 0.1) is 0 Å². The van der Waals surface area contributed by atoms with Crippen molar-refractivity contribution >= 4 is 27.3 Å². The van der Waals surface area contributed by atoms with Crippen LogP contribution in [0.15, 0.2) is 16.3 Å². The van der Waals surface area contributed by atoms with Crippen LogP contribution in [0.4, 0.5) is 0 Å². The van der Waals surface area contributed by atoms with E-state index >= 15 is 0 Å². The van der Waals surface area contributed by atoms with E-state index < -0.39 is 16.0 Å². The molecule has 9 nitrogen and oxygen atoms in total. The second-order valence-corrected chi connectivity index (χ2v) is 6.61. The first-order chi connectivity index (χ1) is 8.97. The molecule has 0 aromatic carbocycles. The number of sulfonamides is 1. The fraction of sp³-hybridized carbons (Fsp3) is 0.250. The van der Waals surface area contributed by atoms with Gasteiger partial charge in [0.1, 0.15) is 4.21 Å². The Morgan fingerprint density at radius 2 is 2.26 bits per heavy atom. The van der Waals surface area contributed by atoms with Crippen LogP contribution >= 0.6 is 11.3 Å². The van der Waals surface area contributed by atoms with Crippen molar-refractivity contribution in [3.8, 4) is 0 Å². The molecule has 0 radical (unpaired) electrons. The van der Waals surface area contributed by atoms with Crippen molar-refractivity contribution in [2.24, 2.45) is 0 Å². The molecule has 0 amide bonds. The van der Waals surface area contributed by atoms with Crippen LogP contribution in [0.1, 0.15) is 10.7 Å². The highest BCUT2D eigenvalue weighted by Crippen LogP contribution is 2.21. The first kappa shape index (κ1) is 13.6. The van der Waals surface area contributed by atoms with Gasteiger partial charge < -0.3 is 5.11 Å². The molecule has 0 spiro atoms. The molecule has 102 valence electrons. The van der Waals surface area contributed by atoms with E-state index in [9.17, 15) is 13.2 Å². The number of hydrogen-bond donors (Lipinski definition) is 3. The Morgan fingerprint density at radius 3 is 2.89 bits per heavy atom. The number of H-pyrrole nitrogens is 1. The number of carboxylic acid groups (broad SMARTS) is 1. The molecule has 2 rings (SSSR count). The molecule has 11 heteroatoms. The molecular weight excluding hydrogens is 294 g/mol. The van der Waals surface area contributed by atoms with Gasteiger partial charge in [-0.05, 0) is 12.1 Å². The second-order valence-electron chi connectivity index (χ2n) is 3.44. The number of nitrogens with zero attached hydrogens (tertiary/aromatic N) is 3. The third kappa shape index (κ3) is 3.56. The number of aliphatic carboxylic acids is 1. The zero-order valence-corrected chi connectivity index (χ0v) is 11.0. The van der Waals surface area contributed by atoms with Gasteiger partial charge in [-0.1, -0.05) is 5.21 Å². The number of aromatic amines is 1. The Kier molecular flexibility index (Phi) is 3.87. The van der Waals surface area contributed by atoms with Crippen LogP contribution < -0.4 is 4.72 Å². The summed E-state index contributed by atoms with van der Waals surface area (Å²) in [6, 6.07) is 2.84. The van der Waals surface area contributed by atoms with E-state index in [1.54, 1.807) is 0 Å². The normalized spacial score (nSPS) is 11.6. The lowest BCUT2D eigenvalue weighted by Gasteiger charge is -2.00. The summed E-state index contributed by atoms with van der Waals surface area (Å²) in [5.74, 6) is -0.795. The SMILES string of the molecule is O=C(O)Cc1ccc(S(=O)(=O)NCc2nn[nH]n2)s1. The summed E-state index contributed by atoms with van der Waals surface area (Å²) in [7, 11) is -3.70. The molecule has 0 aliphatic rings. The molecule has 0 fully saturated rings. The van der Waals surface area contributed by atoms with Crippen molar-refractivity contribution < 1.29 is 18.3 Å². The number of hydrogen-bond acceptors (Lipinski definition) is 7. The fourth-order valence-corrected chi connectivity index (χ4v) is 3.61. The zero-order valence-electron chi connectivity index (χ0n) is 9.40.